The van der Waals surface area contributed by atoms with Crippen LogP contribution < -0.4 is 10.0 Å². The minimum atomic E-state index is -3.73. The van der Waals surface area contributed by atoms with Crippen molar-refractivity contribution in [3.05, 3.63) is 47.1 Å². The van der Waals surface area contributed by atoms with Crippen LogP contribution in [0.1, 0.15) is 36.9 Å². The molecule has 0 spiro atoms. The Bertz CT molecular complexity index is 1170. The third-order valence-corrected chi connectivity index (χ3v) is 7.85. The molecular weight excluding hydrogens is 422 g/mol. The van der Waals surface area contributed by atoms with E-state index in [0.29, 0.717) is 12.2 Å². The molecule has 2 aromatic heterocycles. The number of thiophene rings is 1. The summed E-state index contributed by atoms with van der Waals surface area (Å²) in [4.78, 5) is 11.8. The lowest BCUT2D eigenvalue weighted by Gasteiger charge is -2.10. The Balaban J connectivity index is 1.55. The first-order valence-corrected chi connectivity index (χ1v) is 12.1. The highest BCUT2D eigenvalue weighted by Crippen LogP contribution is 2.28. The molecule has 0 saturated carbocycles. The molecule has 0 aliphatic carbocycles. The normalized spacial score (nSPS) is 14.0. The van der Waals surface area contributed by atoms with Crippen LogP contribution in [0.4, 0.5) is 5.69 Å². The number of benzene rings is 1. The van der Waals surface area contributed by atoms with Gasteiger partial charge in [0.15, 0.2) is 5.82 Å². The van der Waals surface area contributed by atoms with Crippen LogP contribution in [0.15, 0.2) is 40.6 Å². The van der Waals surface area contributed by atoms with Crippen molar-refractivity contribution in [3.8, 4) is 11.4 Å². The Kier molecular flexibility index (Phi) is 5.87. The van der Waals surface area contributed by atoms with E-state index in [4.69, 9.17) is 0 Å². The number of fused-ring (bicyclic) bond motifs is 1. The van der Waals surface area contributed by atoms with E-state index < -0.39 is 10.0 Å². The molecule has 0 bridgehead atoms. The van der Waals surface area contributed by atoms with Crippen molar-refractivity contribution < 1.29 is 13.2 Å². The van der Waals surface area contributed by atoms with Gasteiger partial charge in [-0.05, 0) is 37.1 Å². The van der Waals surface area contributed by atoms with Crippen molar-refractivity contribution in [3.63, 3.8) is 0 Å². The van der Waals surface area contributed by atoms with Crippen LogP contribution in [0, 0.1) is 0 Å². The highest BCUT2D eigenvalue weighted by atomic mass is 32.2. The highest BCUT2D eigenvalue weighted by Gasteiger charge is 2.19. The molecule has 8 nitrogen and oxygen atoms in total. The van der Waals surface area contributed by atoms with Crippen LogP contribution in [0.5, 0.6) is 0 Å². The largest absolute Gasteiger partial charge is 0.351 e. The SMILES string of the molecule is CC(=O)NCc1ccc(S(=O)(=O)Nc2cccc(-c3nnc4n3CCCCC4)c2)s1. The highest BCUT2D eigenvalue weighted by molar-refractivity contribution is 7.94. The predicted molar refractivity (Wildman–Crippen MR) is 116 cm³/mol. The van der Waals surface area contributed by atoms with Crippen LogP contribution in [0.25, 0.3) is 11.4 Å². The van der Waals surface area contributed by atoms with Gasteiger partial charge in [-0.2, -0.15) is 0 Å². The minimum absolute atomic E-state index is 0.158. The quantitative estimate of drug-likeness (QED) is 0.606. The van der Waals surface area contributed by atoms with Gasteiger partial charge in [0.1, 0.15) is 10.0 Å². The Morgan fingerprint density at radius 2 is 2.03 bits per heavy atom. The van der Waals surface area contributed by atoms with Crippen LogP contribution in [-0.2, 0) is 34.3 Å². The second-order valence-electron chi connectivity index (χ2n) is 7.22. The molecule has 1 amide bonds. The average Bonchev–Trinajstić information content (AvgIpc) is 3.28. The molecule has 1 aromatic carbocycles. The van der Waals surface area contributed by atoms with Crippen LogP contribution in [-0.4, -0.2) is 29.1 Å². The molecule has 158 valence electrons. The lowest BCUT2D eigenvalue weighted by molar-refractivity contribution is -0.119. The van der Waals surface area contributed by atoms with Crippen molar-refractivity contribution in [1.29, 1.82) is 0 Å². The maximum Gasteiger partial charge on any atom is 0.271 e. The summed E-state index contributed by atoms with van der Waals surface area (Å²) in [6.07, 6.45) is 4.29. The van der Waals surface area contributed by atoms with Crippen LogP contribution in [0.3, 0.4) is 0 Å². The van der Waals surface area contributed by atoms with Crippen molar-refractivity contribution >= 4 is 33.0 Å². The summed E-state index contributed by atoms with van der Waals surface area (Å²) < 4.78 is 30.6. The standard InChI is InChI=1S/C20H23N5O3S2/c1-14(26)21-13-17-9-10-19(29-17)30(27,28)24-16-7-5-6-15(12-16)20-23-22-18-8-3-2-4-11-25(18)20/h5-7,9-10,12,24H,2-4,8,11,13H2,1H3,(H,21,26). The first kappa shape index (κ1) is 20.5. The van der Waals surface area contributed by atoms with E-state index in [1.807, 2.05) is 12.1 Å². The van der Waals surface area contributed by atoms with Gasteiger partial charge in [-0.15, -0.1) is 21.5 Å². The summed E-state index contributed by atoms with van der Waals surface area (Å²) in [5.74, 6) is 1.59. The third-order valence-electron chi connectivity index (χ3n) is 4.90. The zero-order valence-electron chi connectivity index (χ0n) is 16.6. The fourth-order valence-electron chi connectivity index (χ4n) is 3.44. The Morgan fingerprint density at radius 3 is 2.87 bits per heavy atom. The zero-order valence-corrected chi connectivity index (χ0v) is 18.2. The molecule has 2 N–H and O–H groups in total. The van der Waals surface area contributed by atoms with E-state index in [1.165, 1.54) is 13.3 Å². The fourth-order valence-corrected chi connectivity index (χ4v) is 5.78. The molecule has 0 unspecified atom stereocenters. The summed E-state index contributed by atoms with van der Waals surface area (Å²) in [5.41, 5.74) is 1.30. The molecule has 30 heavy (non-hydrogen) atoms. The van der Waals surface area contributed by atoms with Gasteiger partial charge in [-0.25, -0.2) is 8.42 Å². The molecule has 3 aromatic rings. The monoisotopic (exact) mass is 445 g/mol. The summed E-state index contributed by atoms with van der Waals surface area (Å²) in [5, 5.41) is 11.3. The number of aromatic nitrogens is 3. The molecule has 0 atom stereocenters. The molecule has 0 radical (unpaired) electrons. The summed E-state index contributed by atoms with van der Waals surface area (Å²) in [6, 6.07) is 10.5. The van der Waals surface area contributed by atoms with Gasteiger partial charge in [0.2, 0.25) is 5.91 Å². The van der Waals surface area contributed by atoms with E-state index in [-0.39, 0.29) is 10.1 Å². The first-order chi connectivity index (χ1) is 14.4. The molecule has 10 heteroatoms. The first-order valence-electron chi connectivity index (χ1n) is 9.81. The number of amides is 1. The van der Waals surface area contributed by atoms with E-state index in [0.717, 1.165) is 59.2 Å². The van der Waals surface area contributed by atoms with Gasteiger partial charge in [0, 0.05) is 36.0 Å². The van der Waals surface area contributed by atoms with Crippen molar-refractivity contribution in [2.75, 3.05) is 4.72 Å². The van der Waals surface area contributed by atoms with Crippen molar-refractivity contribution in [1.82, 2.24) is 20.1 Å². The Hall–Kier alpha value is -2.72. The van der Waals surface area contributed by atoms with Gasteiger partial charge in [-0.1, -0.05) is 18.6 Å². The maximum atomic E-state index is 12.8. The third kappa shape index (κ3) is 4.54. The number of nitrogens with zero attached hydrogens (tertiary/aromatic N) is 3. The summed E-state index contributed by atoms with van der Waals surface area (Å²) >= 11 is 1.13. The molecule has 3 heterocycles. The Labute approximate surface area is 179 Å². The van der Waals surface area contributed by atoms with Gasteiger partial charge in [0.05, 0.1) is 6.54 Å². The predicted octanol–water partition coefficient (Wildman–Crippen LogP) is 3.17. The average molecular weight is 446 g/mol. The molecule has 0 fully saturated rings. The maximum absolute atomic E-state index is 12.8. The number of hydrogen-bond donors (Lipinski definition) is 2. The summed E-state index contributed by atoms with van der Waals surface area (Å²) in [6.45, 7) is 2.61. The zero-order chi connectivity index (χ0) is 21.1. The molecule has 1 aliphatic rings. The van der Waals surface area contributed by atoms with Gasteiger partial charge < -0.3 is 9.88 Å². The van der Waals surface area contributed by atoms with Gasteiger partial charge >= 0.3 is 0 Å². The number of rotatable bonds is 6. The number of carbonyl (C=O) groups is 1. The van der Waals surface area contributed by atoms with Crippen LogP contribution in [0.2, 0.25) is 0 Å². The number of nitrogens with one attached hydrogen (secondary N) is 2. The molecular formula is C20H23N5O3S2. The van der Waals surface area contributed by atoms with Gasteiger partial charge in [-0.3, -0.25) is 9.52 Å². The number of sulfonamides is 1. The molecule has 4 rings (SSSR count). The number of carbonyl (C=O) groups excluding carboxylic acids is 1. The second-order valence-corrected chi connectivity index (χ2v) is 10.3. The van der Waals surface area contributed by atoms with Crippen LogP contribution >= 0.6 is 11.3 Å². The number of anilines is 1. The summed E-state index contributed by atoms with van der Waals surface area (Å²) in [7, 11) is -3.73. The number of hydrogen-bond acceptors (Lipinski definition) is 6. The van der Waals surface area contributed by atoms with E-state index in [1.54, 1.807) is 24.3 Å². The molecule has 0 saturated heterocycles. The number of aryl methyl sites for hydroxylation is 1. The lowest BCUT2D eigenvalue weighted by Crippen LogP contribution is -2.18. The van der Waals surface area contributed by atoms with Crippen molar-refractivity contribution in [2.24, 2.45) is 0 Å². The van der Waals surface area contributed by atoms with E-state index in [2.05, 4.69) is 24.8 Å². The van der Waals surface area contributed by atoms with Gasteiger partial charge in [0.25, 0.3) is 10.0 Å². The van der Waals surface area contributed by atoms with E-state index >= 15 is 0 Å². The fraction of sp³-hybridized carbons (Fsp3) is 0.350. The van der Waals surface area contributed by atoms with E-state index in [9.17, 15) is 13.2 Å². The Morgan fingerprint density at radius 1 is 1.17 bits per heavy atom. The minimum Gasteiger partial charge on any atom is -0.351 e. The second kappa shape index (κ2) is 8.57. The lowest BCUT2D eigenvalue weighted by atomic mass is 10.2. The molecule has 1 aliphatic heterocycles. The smallest absolute Gasteiger partial charge is 0.271 e. The van der Waals surface area contributed by atoms with Crippen molar-refractivity contribution in [2.45, 2.75) is 49.9 Å². The topological polar surface area (TPSA) is 106 Å².